The molecular formula is C15H20O4. The number of benzene rings is 1. The highest BCUT2D eigenvalue weighted by Gasteiger charge is 2.28. The standard InChI is InChI=1S/C15H20O4/c1-15(2,14(17)18)9-19-11-7-6-10-4-3-5-13(16)12(10)8-11/h6-8,13,16H,3-5,9H2,1-2H3,(H,17,18). The zero-order valence-corrected chi connectivity index (χ0v) is 11.3. The molecule has 0 saturated carbocycles. The Bertz CT molecular complexity index is 479. The zero-order valence-electron chi connectivity index (χ0n) is 11.3. The molecule has 1 aromatic carbocycles. The summed E-state index contributed by atoms with van der Waals surface area (Å²) in [5, 5.41) is 19.0. The lowest BCUT2D eigenvalue weighted by Gasteiger charge is -2.23. The first-order valence-corrected chi connectivity index (χ1v) is 6.57. The largest absolute Gasteiger partial charge is 0.492 e. The third-order valence-corrected chi connectivity index (χ3v) is 3.58. The Kier molecular flexibility index (Phi) is 3.80. The summed E-state index contributed by atoms with van der Waals surface area (Å²) in [6.07, 6.45) is 2.32. The molecule has 0 saturated heterocycles. The number of carbonyl (C=O) groups is 1. The van der Waals surface area contributed by atoms with Crippen molar-refractivity contribution in [1.82, 2.24) is 0 Å². The number of aryl methyl sites for hydroxylation is 1. The molecule has 4 nitrogen and oxygen atoms in total. The predicted octanol–water partition coefficient (Wildman–Crippen LogP) is 2.55. The lowest BCUT2D eigenvalue weighted by molar-refractivity contribution is -0.148. The maximum atomic E-state index is 11.0. The maximum absolute atomic E-state index is 11.0. The van der Waals surface area contributed by atoms with Crippen molar-refractivity contribution in [3.63, 3.8) is 0 Å². The van der Waals surface area contributed by atoms with Crippen LogP contribution in [0.25, 0.3) is 0 Å². The lowest BCUT2D eigenvalue weighted by Crippen LogP contribution is -2.30. The fraction of sp³-hybridized carbons (Fsp3) is 0.533. The Labute approximate surface area is 113 Å². The Morgan fingerprint density at radius 1 is 1.47 bits per heavy atom. The molecule has 0 aromatic heterocycles. The SMILES string of the molecule is CC(C)(COc1ccc2c(c1)C(O)CCC2)C(=O)O. The van der Waals surface area contributed by atoms with Gasteiger partial charge in [-0.25, -0.2) is 0 Å². The summed E-state index contributed by atoms with van der Waals surface area (Å²) in [6, 6.07) is 5.63. The van der Waals surface area contributed by atoms with E-state index in [1.54, 1.807) is 13.8 Å². The molecule has 1 atom stereocenters. The molecule has 1 aromatic rings. The summed E-state index contributed by atoms with van der Waals surface area (Å²) >= 11 is 0. The molecule has 104 valence electrons. The Balaban J connectivity index is 2.10. The molecule has 2 N–H and O–H groups in total. The quantitative estimate of drug-likeness (QED) is 0.877. The number of carboxylic acid groups (broad SMARTS) is 1. The number of rotatable bonds is 4. The molecule has 0 amide bonds. The van der Waals surface area contributed by atoms with Gasteiger partial charge >= 0.3 is 5.97 Å². The van der Waals surface area contributed by atoms with E-state index in [1.807, 2.05) is 18.2 Å². The van der Waals surface area contributed by atoms with Gasteiger partial charge in [-0.15, -0.1) is 0 Å². The first kappa shape index (κ1) is 13.9. The van der Waals surface area contributed by atoms with Gasteiger partial charge in [0, 0.05) is 0 Å². The van der Waals surface area contributed by atoms with E-state index in [0.717, 1.165) is 30.4 Å². The Hall–Kier alpha value is -1.55. The van der Waals surface area contributed by atoms with Crippen LogP contribution < -0.4 is 4.74 Å². The molecule has 2 rings (SSSR count). The number of aliphatic hydroxyl groups excluding tert-OH is 1. The molecule has 0 fully saturated rings. The van der Waals surface area contributed by atoms with E-state index in [9.17, 15) is 9.90 Å². The monoisotopic (exact) mass is 264 g/mol. The van der Waals surface area contributed by atoms with Crippen LogP contribution in [0.1, 0.15) is 43.9 Å². The highest BCUT2D eigenvalue weighted by molar-refractivity contribution is 5.73. The average molecular weight is 264 g/mol. The van der Waals surface area contributed by atoms with Crippen LogP contribution in [0.3, 0.4) is 0 Å². The van der Waals surface area contributed by atoms with E-state index in [4.69, 9.17) is 9.84 Å². The van der Waals surface area contributed by atoms with Crippen molar-refractivity contribution in [2.24, 2.45) is 5.41 Å². The number of aliphatic hydroxyl groups is 1. The zero-order chi connectivity index (χ0) is 14.0. The third-order valence-electron chi connectivity index (χ3n) is 3.58. The minimum absolute atomic E-state index is 0.108. The fourth-order valence-electron chi connectivity index (χ4n) is 2.17. The van der Waals surface area contributed by atoms with Crippen molar-refractivity contribution >= 4 is 5.97 Å². The highest BCUT2D eigenvalue weighted by atomic mass is 16.5. The van der Waals surface area contributed by atoms with Crippen molar-refractivity contribution in [2.75, 3.05) is 6.61 Å². The van der Waals surface area contributed by atoms with E-state index in [1.165, 1.54) is 0 Å². The second-order valence-corrected chi connectivity index (χ2v) is 5.75. The van der Waals surface area contributed by atoms with Gasteiger partial charge in [-0.3, -0.25) is 4.79 Å². The topological polar surface area (TPSA) is 66.8 Å². The van der Waals surface area contributed by atoms with Gasteiger partial charge < -0.3 is 14.9 Å². The van der Waals surface area contributed by atoms with E-state index >= 15 is 0 Å². The lowest BCUT2D eigenvalue weighted by atomic mass is 9.89. The van der Waals surface area contributed by atoms with Gasteiger partial charge in [0.25, 0.3) is 0 Å². The van der Waals surface area contributed by atoms with Gasteiger partial charge in [-0.2, -0.15) is 0 Å². The molecule has 0 radical (unpaired) electrons. The van der Waals surface area contributed by atoms with Crippen molar-refractivity contribution in [3.8, 4) is 5.75 Å². The van der Waals surface area contributed by atoms with E-state index in [2.05, 4.69) is 0 Å². The van der Waals surface area contributed by atoms with E-state index < -0.39 is 17.5 Å². The summed E-state index contributed by atoms with van der Waals surface area (Å²) in [6.45, 7) is 3.36. The molecule has 0 aliphatic heterocycles. The first-order chi connectivity index (χ1) is 8.90. The summed E-state index contributed by atoms with van der Waals surface area (Å²) in [5.41, 5.74) is 1.15. The molecule has 0 spiro atoms. The third kappa shape index (κ3) is 3.07. The first-order valence-electron chi connectivity index (χ1n) is 6.57. The van der Waals surface area contributed by atoms with Gasteiger partial charge in [0.1, 0.15) is 12.4 Å². The van der Waals surface area contributed by atoms with Crippen molar-refractivity contribution in [3.05, 3.63) is 29.3 Å². The Morgan fingerprint density at radius 2 is 2.21 bits per heavy atom. The number of aliphatic carboxylic acids is 1. The minimum atomic E-state index is -0.922. The van der Waals surface area contributed by atoms with E-state index in [-0.39, 0.29) is 6.61 Å². The van der Waals surface area contributed by atoms with Gasteiger partial charge in [-0.05, 0) is 56.4 Å². The van der Waals surface area contributed by atoms with Crippen LogP contribution in [0.15, 0.2) is 18.2 Å². The van der Waals surface area contributed by atoms with Crippen LogP contribution in [-0.2, 0) is 11.2 Å². The molecule has 1 aliphatic carbocycles. The van der Waals surface area contributed by atoms with Gasteiger partial charge in [0.15, 0.2) is 0 Å². The molecular weight excluding hydrogens is 244 g/mol. The number of ether oxygens (including phenoxy) is 1. The number of fused-ring (bicyclic) bond motifs is 1. The second kappa shape index (κ2) is 5.21. The molecule has 0 bridgehead atoms. The Morgan fingerprint density at radius 3 is 2.89 bits per heavy atom. The van der Waals surface area contributed by atoms with Crippen LogP contribution in [0.2, 0.25) is 0 Å². The van der Waals surface area contributed by atoms with Crippen LogP contribution in [0.5, 0.6) is 5.75 Å². The van der Waals surface area contributed by atoms with Crippen LogP contribution in [0.4, 0.5) is 0 Å². The van der Waals surface area contributed by atoms with Crippen molar-refractivity contribution in [1.29, 1.82) is 0 Å². The van der Waals surface area contributed by atoms with Crippen LogP contribution in [-0.4, -0.2) is 22.8 Å². The van der Waals surface area contributed by atoms with Crippen molar-refractivity contribution in [2.45, 2.75) is 39.2 Å². The molecule has 4 heteroatoms. The second-order valence-electron chi connectivity index (χ2n) is 5.75. The smallest absolute Gasteiger partial charge is 0.312 e. The number of hydrogen-bond donors (Lipinski definition) is 2. The number of hydrogen-bond acceptors (Lipinski definition) is 3. The summed E-state index contributed by atoms with van der Waals surface area (Å²) < 4.78 is 5.55. The summed E-state index contributed by atoms with van der Waals surface area (Å²) in [7, 11) is 0. The normalized spacial score (nSPS) is 18.8. The number of carboxylic acids is 1. The van der Waals surface area contributed by atoms with Gasteiger partial charge in [-0.1, -0.05) is 6.07 Å². The highest BCUT2D eigenvalue weighted by Crippen LogP contribution is 2.32. The maximum Gasteiger partial charge on any atom is 0.312 e. The molecule has 19 heavy (non-hydrogen) atoms. The van der Waals surface area contributed by atoms with Gasteiger partial charge in [0.05, 0.1) is 11.5 Å². The predicted molar refractivity (Wildman–Crippen MR) is 71.3 cm³/mol. The minimum Gasteiger partial charge on any atom is -0.492 e. The molecule has 0 heterocycles. The molecule has 1 unspecified atom stereocenters. The summed E-state index contributed by atoms with van der Waals surface area (Å²) in [4.78, 5) is 11.0. The average Bonchev–Trinajstić information content (AvgIpc) is 2.37. The van der Waals surface area contributed by atoms with Crippen LogP contribution >= 0.6 is 0 Å². The van der Waals surface area contributed by atoms with Gasteiger partial charge in [0.2, 0.25) is 0 Å². The van der Waals surface area contributed by atoms with E-state index in [0.29, 0.717) is 5.75 Å². The van der Waals surface area contributed by atoms with Crippen molar-refractivity contribution < 1.29 is 19.7 Å². The molecule has 1 aliphatic rings. The summed E-state index contributed by atoms with van der Waals surface area (Å²) in [5.74, 6) is -0.264. The van der Waals surface area contributed by atoms with Crippen LogP contribution in [0, 0.1) is 5.41 Å². The fourth-order valence-corrected chi connectivity index (χ4v) is 2.17.